The molecule has 0 saturated carbocycles. The van der Waals surface area contributed by atoms with Crippen LogP contribution in [0.5, 0.6) is 0 Å². The molecule has 1 heterocycles. The highest BCUT2D eigenvalue weighted by Crippen LogP contribution is 2.26. The van der Waals surface area contributed by atoms with Crippen LogP contribution in [0.15, 0.2) is 6.07 Å². The molecule has 1 aliphatic carbocycles. The van der Waals surface area contributed by atoms with Gasteiger partial charge < -0.3 is 15.7 Å². The first-order valence-electron chi connectivity index (χ1n) is 6.28. The molecule has 98 valence electrons. The van der Waals surface area contributed by atoms with Gasteiger partial charge in [-0.3, -0.25) is 0 Å². The van der Waals surface area contributed by atoms with E-state index in [0.717, 1.165) is 29.9 Å². The van der Waals surface area contributed by atoms with Crippen LogP contribution in [0.2, 0.25) is 0 Å². The fourth-order valence-electron chi connectivity index (χ4n) is 2.35. The summed E-state index contributed by atoms with van der Waals surface area (Å²) in [6.45, 7) is 0.618. The van der Waals surface area contributed by atoms with Crippen LogP contribution < -0.4 is 10.6 Å². The van der Waals surface area contributed by atoms with Crippen LogP contribution in [0.3, 0.4) is 0 Å². The Morgan fingerprint density at radius 3 is 2.89 bits per heavy atom. The van der Waals surface area contributed by atoms with Gasteiger partial charge in [-0.2, -0.15) is 0 Å². The molecule has 0 radical (unpaired) electrons. The van der Waals surface area contributed by atoms with E-state index in [4.69, 9.17) is 28.0 Å². The number of aliphatic hydroxyl groups is 1. The van der Waals surface area contributed by atoms with Gasteiger partial charge in [-0.1, -0.05) is 12.2 Å². The molecule has 0 bridgehead atoms. The lowest BCUT2D eigenvalue weighted by atomic mass is 9.94. The average molecular weight is 265 g/mol. The maximum atomic E-state index is 9.03. The zero-order valence-electron chi connectivity index (χ0n) is 10.6. The number of likely N-dealkylation sites (N-methyl/N-ethyl adjacent to an activating group) is 1. The number of thiocarbonyl (C=S) groups is 1. The molecular weight excluding hydrogens is 246 g/mol. The third-order valence-electron chi connectivity index (χ3n) is 3.34. The normalized spacial score (nSPS) is 14.1. The second-order valence-corrected chi connectivity index (χ2v) is 5.12. The second-order valence-electron chi connectivity index (χ2n) is 4.68. The predicted octanol–water partition coefficient (Wildman–Crippen LogP) is 1.02. The molecule has 0 atom stereocenters. The Hall–Kier alpha value is -1.20. The maximum Gasteiger partial charge on any atom is 0.138 e. The van der Waals surface area contributed by atoms with E-state index in [-0.39, 0.29) is 6.61 Å². The zero-order valence-corrected chi connectivity index (χ0v) is 11.5. The number of nitrogens with two attached hydrogens (primary N) is 1. The summed E-state index contributed by atoms with van der Waals surface area (Å²) in [5.41, 5.74) is 9.03. The minimum Gasteiger partial charge on any atom is -0.395 e. The number of fused-ring (bicyclic) bond motifs is 1. The first-order valence-corrected chi connectivity index (χ1v) is 6.69. The van der Waals surface area contributed by atoms with Crippen molar-refractivity contribution in [1.82, 2.24) is 4.98 Å². The Labute approximate surface area is 113 Å². The standard InChI is InChI=1S/C13H19N3OS/c1-16(6-7-17)13-10(12(14)18)8-9-4-2-3-5-11(9)15-13/h8,17H,2-7H2,1H3,(H2,14,18). The topological polar surface area (TPSA) is 62.4 Å². The smallest absolute Gasteiger partial charge is 0.138 e. The Bertz CT molecular complexity index is 462. The minimum absolute atomic E-state index is 0.0893. The van der Waals surface area contributed by atoms with E-state index in [2.05, 4.69) is 6.07 Å². The Morgan fingerprint density at radius 2 is 2.22 bits per heavy atom. The Kier molecular flexibility index (Phi) is 4.14. The molecular formula is C13H19N3OS. The van der Waals surface area contributed by atoms with E-state index in [1.165, 1.54) is 18.4 Å². The van der Waals surface area contributed by atoms with Gasteiger partial charge >= 0.3 is 0 Å². The largest absolute Gasteiger partial charge is 0.395 e. The molecule has 3 N–H and O–H groups in total. The molecule has 1 aromatic heterocycles. The number of rotatable bonds is 4. The fraction of sp³-hybridized carbons (Fsp3) is 0.538. The van der Waals surface area contributed by atoms with Crippen LogP contribution in [0.4, 0.5) is 5.82 Å². The molecule has 1 aromatic rings. The van der Waals surface area contributed by atoms with E-state index in [9.17, 15) is 0 Å². The van der Waals surface area contributed by atoms with E-state index < -0.39 is 0 Å². The highest BCUT2D eigenvalue weighted by atomic mass is 32.1. The Morgan fingerprint density at radius 1 is 1.50 bits per heavy atom. The second kappa shape index (κ2) is 5.63. The number of nitrogens with zero attached hydrogens (tertiary/aromatic N) is 2. The highest BCUT2D eigenvalue weighted by molar-refractivity contribution is 7.80. The first kappa shape index (κ1) is 13.2. The van der Waals surface area contributed by atoms with Crippen molar-refractivity contribution in [2.45, 2.75) is 25.7 Å². The SMILES string of the molecule is CN(CCO)c1nc2c(cc1C(N)=S)CCCC2. The number of aliphatic hydroxyl groups excluding tert-OH is 1. The summed E-state index contributed by atoms with van der Waals surface area (Å²) in [4.78, 5) is 6.98. The van der Waals surface area contributed by atoms with Gasteiger partial charge in [0, 0.05) is 19.3 Å². The van der Waals surface area contributed by atoms with Crippen LogP contribution in [-0.4, -0.2) is 35.3 Å². The molecule has 0 spiro atoms. The van der Waals surface area contributed by atoms with Crippen molar-refractivity contribution < 1.29 is 5.11 Å². The van der Waals surface area contributed by atoms with E-state index in [0.29, 0.717) is 11.5 Å². The van der Waals surface area contributed by atoms with Crippen molar-refractivity contribution in [2.24, 2.45) is 5.73 Å². The molecule has 5 heteroatoms. The molecule has 1 aliphatic rings. The summed E-state index contributed by atoms with van der Waals surface area (Å²) in [5, 5.41) is 9.03. The third kappa shape index (κ3) is 2.62. The van der Waals surface area contributed by atoms with Crippen molar-refractivity contribution in [1.29, 1.82) is 0 Å². The lowest BCUT2D eigenvalue weighted by Crippen LogP contribution is -2.27. The summed E-state index contributed by atoms with van der Waals surface area (Å²) in [6.07, 6.45) is 4.47. The molecule has 0 fully saturated rings. The lowest BCUT2D eigenvalue weighted by molar-refractivity contribution is 0.304. The van der Waals surface area contributed by atoms with Gasteiger partial charge in [-0.25, -0.2) is 4.98 Å². The van der Waals surface area contributed by atoms with Gasteiger partial charge in [-0.15, -0.1) is 0 Å². The van der Waals surface area contributed by atoms with Crippen molar-refractivity contribution in [3.05, 3.63) is 22.9 Å². The fourth-order valence-corrected chi connectivity index (χ4v) is 2.50. The quantitative estimate of drug-likeness (QED) is 0.796. The Balaban J connectivity index is 2.45. The van der Waals surface area contributed by atoms with Gasteiger partial charge in [0.05, 0.1) is 12.2 Å². The lowest BCUT2D eigenvalue weighted by Gasteiger charge is -2.24. The molecule has 0 amide bonds. The monoisotopic (exact) mass is 265 g/mol. The van der Waals surface area contributed by atoms with Gasteiger partial charge in [0.15, 0.2) is 0 Å². The van der Waals surface area contributed by atoms with E-state index >= 15 is 0 Å². The number of aryl methyl sites for hydroxylation is 2. The zero-order chi connectivity index (χ0) is 13.1. The first-order chi connectivity index (χ1) is 8.63. The van der Waals surface area contributed by atoms with Crippen LogP contribution in [0, 0.1) is 0 Å². The molecule has 0 aliphatic heterocycles. The van der Waals surface area contributed by atoms with Crippen LogP contribution in [0.1, 0.15) is 29.7 Å². The number of hydrogen-bond acceptors (Lipinski definition) is 4. The van der Waals surface area contributed by atoms with Crippen LogP contribution in [0.25, 0.3) is 0 Å². The summed E-state index contributed by atoms with van der Waals surface area (Å²) >= 11 is 5.11. The molecule has 2 rings (SSSR count). The molecule has 18 heavy (non-hydrogen) atoms. The molecule has 0 unspecified atom stereocenters. The van der Waals surface area contributed by atoms with Gasteiger partial charge in [0.2, 0.25) is 0 Å². The van der Waals surface area contributed by atoms with Crippen molar-refractivity contribution in [3.8, 4) is 0 Å². The van der Waals surface area contributed by atoms with Crippen molar-refractivity contribution in [2.75, 3.05) is 25.1 Å². The van der Waals surface area contributed by atoms with Crippen molar-refractivity contribution >= 4 is 23.0 Å². The maximum absolute atomic E-state index is 9.03. The van der Waals surface area contributed by atoms with E-state index in [1.54, 1.807) is 0 Å². The minimum atomic E-state index is 0.0893. The predicted molar refractivity (Wildman–Crippen MR) is 77.1 cm³/mol. The molecule has 0 aromatic carbocycles. The molecule has 0 saturated heterocycles. The van der Waals surface area contributed by atoms with Gasteiger partial charge in [-0.05, 0) is 37.3 Å². The summed E-state index contributed by atoms with van der Waals surface area (Å²) in [5.74, 6) is 0.789. The molecule has 4 nitrogen and oxygen atoms in total. The van der Waals surface area contributed by atoms with Gasteiger partial charge in [0.1, 0.15) is 10.8 Å². The number of hydrogen-bond donors (Lipinski definition) is 2. The summed E-state index contributed by atoms with van der Waals surface area (Å²) in [6, 6.07) is 2.08. The van der Waals surface area contributed by atoms with Gasteiger partial charge in [0.25, 0.3) is 0 Å². The van der Waals surface area contributed by atoms with E-state index in [1.807, 2.05) is 11.9 Å². The summed E-state index contributed by atoms with van der Waals surface area (Å²) < 4.78 is 0. The van der Waals surface area contributed by atoms with Crippen LogP contribution in [-0.2, 0) is 12.8 Å². The number of aromatic nitrogens is 1. The van der Waals surface area contributed by atoms with Crippen LogP contribution >= 0.6 is 12.2 Å². The number of anilines is 1. The van der Waals surface area contributed by atoms with Crippen molar-refractivity contribution in [3.63, 3.8) is 0 Å². The highest BCUT2D eigenvalue weighted by Gasteiger charge is 2.18. The summed E-state index contributed by atoms with van der Waals surface area (Å²) in [7, 11) is 1.90. The number of pyridine rings is 1. The third-order valence-corrected chi connectivity index (χ3v) is 3.56. The average Bonchev–Trinajstić information content (AvgIpc) is 2.37.